The maximum absolute atomic E-state index is 12.1. The van der Waals surface area contributed by atoms with Crippen LogP contribution in [-0.2, 0) is 4.79 Å². The first kappa shape index (κ1) is 15.1. The molecule has 0 aromatic carbocycles. The number of halogens is 1. The van der Waals surface area contributed by atoms with Crippen LogP contribution in [0, 0.1) is 0 Å². The highest BCUT2D eigenvalue weighted by atomic mass is 35.5. The van der Waals surface area contributed by atoms with Crippen molar-refractivity contribution in [1.29, 1.82) is 0 Å². The van der Waals surface area contributed by atoms with E-state index in [9.17, 15) is 4.79 Å². The molecule has 2 heterocycles. The number of carbonyl (C=O) groups excluding carboxylic acids is 1. The van der Waals surface area contributed by atoms with Crippen LogP contribution in [-0.4, -0.2) is 48.0 Å². The maximum atomic E-state index is 12.1. The van der Waals surface area contributed by atoms with Crippen LogP contribution in [0.3, 0.4) is 0 Å². The number of amides is 1. The van der Waals surface area contributed by atoms with Crippen LogP contribution in [0.2, 0.25) is 0 Å². The molecule has 17 heavy (non-hydrogen) atoms. The van der Waals surface area contributed by atoms with E-state index in [-0.39, 0.29) is 12.4 Å². The molecule has 1 unspecified atom stereocenters. The molecule has 1 atom stereocenters. The minimum atomic E-state index is 0. The molecule has 2 saturated heterocycles. The lowest BCUT2D eigenvalue weighted by molar-refractivity contribution is -0.131. The standard InChI is InChI=1S/C12H22N2OS.ClH/c15-12(9-11-10-16-8-5-13-11)14-6-3-1-2-4-7-14;/h11,13H,1-10H2;1H. The van der Waals surface area contributed by atoms with Gasteiger partial charge in [-0.25, -0.2) is 0 Å². The molecule has 0 bridgehead atoms. The third kappa shape index (κ3) is 5.06. The number of nitrogens with one attached hydrogen (secondary N) is 1. The highest BCUT2D eigenvalue weighted by Gasteiger charge is 2.21. The van der Waals surface area contributed by atoms with E-state index in [2.05, 4.69) is 10.2 Å². The Morgan fingerprint density at radius 2 is 1.94 bits per heavy atom. The van der Waals surface area contributed by atoms with Crippen molar-refractivity contribution in [3.05, 3.63) is 0 Å². The summed E-state index contributed by atoms with van der Waals surface area (Å²) in [6, 6.07) is 0.412. The van der Waals surface area contributed by atoms with Gasteiger partial charge in [-0.1, -0.05) is 12.8 Å². The van der Waals surface area contributed by atoms with Gasteiger partial charge in [0.05, 0.1) is 0 Å². The predicted octanol–water partition coefficient (Wildman–Crippen LogP) is 1.91. The van der Waals surface area contributed by atoms with Crippen LogP contribution in [0.4, 0.5) is 0 Å². The van der Waals surface area contributed by atoms with Crippen molar-refractivity contribution < 1.29 is 4.79 Å². The fraction of sp³-hybridized carbons (Fsp3) is 0.917. The summed E-state index contributed by atoms with van der Waals surface area (Å²) in [6.45, 7) is 3.03. The summed E-state index contributed by atoms with van der Waals surface area (Å²) in [5, 5.41) is 3.44. The lowest BCUT2D eigenvalue weighted by Crippen LogP contribution is -2.42. The van der Waals surface area contributed by atoms with E-state index >= 15 is 0 Å². The Labute approximate surface area is 114 Å². The van der Waals surface area contributed by atoms with E-state index < -0.39 is 0 Å². The summed E-state index contributed by atoms with van der Waals surface area (Å²) >= 11 is 1.96. The normalized spacial score (nSPS) is 25.9. The van der Waals surface area contributed by atoms with Crippen molar-refractivity contribution in [3.8, 4) is 0 Å². The average Bonchev–Trinajstić information content (AvgIpc) is 2.59. The van der Waals surface area contributed by atoms with Crippen LogP contribution < -0.4 is 5.32 Å². The van der Waals surface area contributed by atoms with Crippen molar-refractivity contribution in [2.24, 2.45) is 0 Å². The molecule has 2 aliphatic rings. The summed E-state index contributed by atoms with van der Waals surface area (Å²) in [5.74, 6) is 2.65. The number of likely N-dealkylation sites (tertiary alicyclic amines) is 1. The quantitative estimate of drug-likeness (QED) is 0.837. The van der Waals surface area contributed by atoms with Gasteiger partial charge in [0.25, 0.3) is 0 Å². The first-order valence-corrected chi connectivity index (χ1v) is 7.60. The summed E-state index contributed by atoms with van der Waals surface area (Å²) < 4.78 is 0. The third-order valence-electron chi connectivity index (χ3n) is 3.38. The molecule has 1 N–H and O–H groups in total. The van der Waals surface area contributed by atoms with Crippen LogP contribution >= 0.6 is 24.2 Å². The minimum absolute atomic E-state index is 0. The molecule has 0 radical (unpaired) electrons. The van der Waals surface area contributed by atoms with Gasteiger partial charge < -0.3 is 10.2 Å². The number of thioether (sulfide) groups is 1. The summed E-state index contributed by atoms with van der Waals surface area (Å²) in [7, 11) is 0. The highest BCUT2D eigenvalue weighted by Crippen LogP contribution is 2.14. The predicted molar refractivity (Wildman–Crippen MR) is 76.0 cm³/mol. The minimum Gasteiger partial charge on any atom is -0.343 e. The summed E-state index contributed by atoms with van der Waals surface area (Å²) in [4.78, 5) is 14.2. The monoisotopic (exact) mass is 278 g/mol. The third-order valence-corrected chi connectivity index (χ3v) is 4.51. The van der Waals surface area contributed by atoms with Gasteiger partial charge in [0.1, 0.15) is 0 Å². The Bertz CT molecular complexity index is 227. The zero-order valence-electron chi connectivity index (χ0n) is 10.3. The van der Waals surface area contributed by atoms with E-state index in [1.807, 2.05) is 11.8 Å². The van der Waals surface area contributed by atoms with Gasteiger partial charge in [0.2, 0.25) is 5.91 Å². The van der Waals surface area contributed by atoms with E-state index in [1.54, 1.807) is 0 Å². The topological polar surface area (TPSA) is 32.3 Å². The Kier molecular flexibility index (Phi) is 7.32. The lowest BCUT2D eigenvalue weighted by atomic mass is 10.2. The highest BCUT2D eigenvalue weighted by molar-refractivity contribution is 7.99. The molecule has 2 rings (SSSR count). The first-order chi connectivity index (χ1) is 7.86. The second-order valence-corrected chi connectivity index (χ2v) is 5.87. The Hall–Kier alpha value is 0.0700. The van der Waals surface area contributed by atoms with E-state index in [0.717, 1.165) is 25.4 Å². The van der Waals surface area contributed by atoms with Crippen LogP contribution in [0.1, 0.15) is 32.1 Å². The van der Waals surface area contributed by atoms with Gasteiger partial charge in [-0.2, -0.15) is 11.8 Å². The largest absolute Gasteiger partial charge is 0.343 e. The number of carbonyl (C=O) groups is 1. The van der Waals surface area contributed by atoms with Crippen molar-refractivity contribution in [1.82, 2.24) is 10.2 Å². The van der Waals surface area contributed by atoms with Gasteiger partial charge in [-0.15, -0.1) is 12.4 Å². The Balaban J connectivity index is 0.00000144. The summed E-state index contributed by atoms with van der Waals surface area (Å²) in [5.41, 5.74) is 0. The van der Waals surface area contributed by atoms with Gasteiger partial charge in [0.15, 0.2) is 0 Å². The van der Waals surface area contributed by atoms with Gasteiger partial charge in [-0.3, -0.25) is 4.79 Å². The van der Waals surface area contributed by atoms with Gasteiger partial charge in [-0.05, 0) is 12.8 Å². The molecular weight excluding hydrogens is 256 g/mol. The zero-order valence-corrected chi connectivity index (χ0v) is 12.0. The van der Waals surface area contributed by atoms with Crippen molar-refractivity contribution in [3.63, 3.8) is 0 Å². The molecule has 2 aliphatic heterocycles. The second-order valence-electron chi connectivity index (χ2n) is 4.73. The van der Waals surface area contributed by atoms with Gasteiger partial charge >= 0.3 is 0 Å². The molecule has 0 saturated carbocycles. The molecule has 0 spiro atoms. The molecule has 2 fully saturated rings. The second kappa shape index (κ2) is 8.22. The molecule has 100 valence electrons. The van der Waals surface area contributed by atoms with E-state index in [1.165, 1.54) is 31.4 Å². The van der Waals surface area contributed by atoms with Crippen LogP contribution in [0.15, 0.2) is 0 Å². The molecule has 0 aromatic rings. The molecule has 3 nitrogen and oxygen atoms in total. The van der Waals surface area contributed by atoms with E-state index in [0.29, 0.717) is 18.4 Å². The number of nitrogens with zero attached hydrogens (tertiary/aromatic N) is 1. The average molecular weight is 279 g/mol. The fourth-order valence-corrected chi connectivity index (χ4v) is 3.36. The smallest absolute Gasteiger partial charge is 0.224 e. The fourth-order valence-electron chi connectivity index (χ4n) is 2.41. The first-order valence-electron chi connectivity index (χ1n) is 6.45. The maximum Gasteiger partial charge on any atom is 0.224 e. The zero-order chi connectivity index (χ0) is 11.2. The Morgan fingerprint density at radius 1 is 1.24 bits per heavy atom. The Morgan fingerprint density at radius 3 is 2.53 bits per heavy atom. The number of hydrogen-bond acceptors (Lipinski definition) is 3. The van der Waals surface area contributed by atoms with Crippen molar-refractivity contribution >= 4 is 30.1 Å². The van der Waals surface area contributed by atoms with Crippen molar-refractivity contribution in [2.45, 2.75) is 38.1 Å². The number of rotatable bonds is 2. The van der Waals surface area contributed by atoms with Crippen molar-refractivity contribution in [2.75, 3.05) is 31.1 Å². The molecule has 0 aromatic heterocycles. The van der Waals surface area contributed by atoms with Gasteiger partial charge in [0, 0.05) is 43.6 Å². The van der Waals surface area contributed by atoms with E-state index in [4.69, 9.17) is 0 Å². The van der Waals surface area contributed by atoms with Crippen LogP contribution in [0.5, 0.6) is 0 Å². The van der Waals surface area contributed by atoms with Crippen LogP contribution in [0.25, 0.3) is 0 Å². The summed E-state index contributed by atoms with van der Waals surface area (Å²) in [6.07, 6.45) is 5.67. The molecule has 1 amide bonds. The lowest BCUT2D eigenvalue weighted by Gasteiger charge is -2.26. The molecule has 5 heteroatoms. The number of hydrogen-bond donors (Lipinski definition) is 1. The molecule has 0 aliphatic carbocycles. The SMILES string of the molecule is Cl.O=C(CC1CSCCN1)N1CCCCCC1. The molecular formula is C12H23ClN2OS.